The van der Waals surface area contributed by atoms with Gasteiger partial charge >= 0.3 is 6.18 Å². The van der Waals surface area contributed by atoms with Crippen molar-refractivity contribution in [1.82, 2.24) is 10.3 Å². The third-order valence-corrected chi connectivity index (χ3v) is 2.58. The minimum absolute atomic E-state index is 0.0220. The van der Waals surface area contributed by atoms with E-state index in [1.807, 2.05) is 0 Å². The molecule has 0 saturated carbocycles. The van der Waals surface area contributed by atoms with Crippen molar-refractivity contribution in [3.63, 3.8) is 0 Å². The maximum atomic E-state index is 12.2. The zero-order chi connectivity index (χ0) is 13.2. The molecule has 8 heteroatoms. The first kappa shape index (κ1) is 14.2. The number of rotatable bonds is 2. The molecule has 94 valence electrons. The van der Waals surface area contributed by atoms with E-state index in [4.69, 9.17) is 11.6 Å². The lowest BCUT2D eigenvalue weighted by molar-refractivity contribution is -0.149. The molecule has 3 nitrogen and oxygen atoms in total. The summed E-state index contributed by atoms with van der Waals surface area (Å²) in [4.78, 5) is 15.1. The van der Waals surface area contributed by atoms with Gasteiger partial charge in [-0.25, -0.2) is 4.98 Å². The van der Waals surface area contributed by atoms with Crippen LogP contribution in [0.25, 0.3) is 0 Å². The molecule has 0 spiro atoms. The molecule has 17 heavy (non-hydrogen) atoms. The minimum atomic E-state index is -4.50. The first-order valence-corrected chi connectivity index (χ1v) is 5.57. The maximum absolute atomic E-state index is 12.2. The SMILES string of the molecule is C[C@H](NC(=O)c1ncc(Br)cc1Cl)C(F)(F)F. The average molecular weight is 332 g/mol. The molecule has 1 rings (SSSR count). The summed E-state index contributed by atoms with van der Waals surface area (Å²) in [6, 6.07) is -0.585. The Morgan fingerprint density at radius 3 is 2.65 bits per heavy atom. The van der Waals surface area contributed by atoms with Crippen LogP contribution < -0.4 is 5.32 Å². The number of aromatic nitrogens is 1. The van der Waals surface area contributed by atoms with Crippen molar-refractivity contribution >= 4 is 33.4 Å². The summed E-state index contributed by atoms with van der Waals surface area (Å²) in [5.74, 6) is -0.965. The van der Waals surface area contributed by atoms with Crippen molar-refractivity contribution in [3.05, 3.63) is 27.5 Å². The molecule has 1 N–H and O–H groups in total. The zero-order valence-corrected chi connectivity index (χ0v) is 10.8. The Hall–Kier alpha value is -0.820. The molecule has 1 heterocycles. The Morgan fingerprint density at radius 1 is 1.59 bits per heavy atom. The van der Waals surface area contributed by atoms with E-state index < -0.39 is 18.1 Å². The van der Waals surface area contributed by atoms with E-state index in [2.05, 4.69) is 20.9 Å². The number of amides is 1. The first-order valence-electron chi connectivity index (χ1n) is 4.40. The molecular weight excluding hydrogens is 324 g/mol. The number of alkyl halides is 3. The van der Waals surface area contributed by atoms with Crippen molar-refractivity contribution in [3.8, 4) is 0 Å². The van der Waals surface area contributed by atoms with Crippen LogP contribution >= 0.6 is 27.5 Å². The highest BCUT2D eigenvalue weighted by Crippen LogP contribution is 2.22. The Balaban J connectivity index is 2.84. The van der Waals surface area contributed by atoms with Crippen LogP contribution in [-0.2, 0) is 0 Å². The van der Waals surface area contributed by atoms with Crippen LogP contribution in [0.5, 0.6) is 0 Å². The highest BCUT2D eigenvalue weighted by Gasteiger charge is 2.37. The van der Waals surface area contributed by atoms with Gasteiger partial charge in [-0.2, -0.15) is 13.2 Å². The summed E-state index contributed by atoms with van der Waals surface area (Å²) in [5.41, 5.74) is -0.244. The van der Waals surface area contributed by atoms with Gasteiger partial charge in [0.15, 0.2) is 0 Å². The summed E-state index contributed by atoms with van der Waals surface area (Å²) < 4.78 is 37.2. The van der Waals surface area contributed by atoms with Gasteiger partial charge < -0.3 is 5.32 Å². The highest BCUT2D eigenvalue weighted by molar-refractivity contribution is 9.10. The Kier molecular flexibility index (Phi) is 4.37. The summed E-state index contributed by atoms with van der Waals surface area (Å²) in [5, 5.41) is 1.75. The van der Waals surface area contributed by atoms with Crippen molar-refractivity contribution in [1.29, 1.82) is 0 Å². The predicted octanol–water partition coefficient (Wildman–Crippen LogP) is 3.18. The largest absolute Gasteiger partial charge is 0.408 e. The van der Waals surface area contributed by atoms with Crippen LogP contribution in [0.1, 0.15) is 17.4 Å². The molecule has 0 saturated heterocycles. The first-order chi connectivity index (χ1) is 7.71. The quantitative estimate of drug-likeness (QED) is 0.904. The van der Waals surface area contributed by atoms with E-state index >= 15 is 0 Å². The number of halogens is 5. The molecule has 1 aromatic rings. The standard InChI is InChI=1S/C9H7BrClF3N2O/c1-4(9(12,13)14)16-8(17)7-6(11)2-5(10)3-15-7/h2-4H,1H3,(H,16,17)/t4-/m0/s1. The van der Waals surface area contributed by atoms with Crippen LogP contribution in [-0.4, -0.2) is 23.1 Å². The van der Waals surface area contributed by atoms with Crippen molar-refractivity contribution in [2.75, 3.05) is 0 Å². The lowest BCUT2D eigenvalue weighted by Crippen LogP contribution is -2.43. The van der Waals surface area contributed by atoms with Crippen molar-refractivity contribution in [2.24, 2.45) is 0 Å². The van der Waals surface area contributed by atoms with Gasteiger partial charge in [-0.15, -0.1) is 0 Å². The average Bonchev–Trinajstić information content (AvgIpc) is 2.15. The molecule has 0 aromatic carbocycles. The molecule has 0 bridgehead atoms. The van der Waals surface area contributed by atoms with Gasteiger partial charge in [-0.1, -0.05) is 11.6 Å². The molecule has 1 atom stereocenters. The van der Waals surface area contributed by atoms with E-state index in [1.165, 1.54) is 12.3 Å². The van der Waals surface area contributed by atoms with E-state index in [1.54, 1.807) is 5.32 Å². The number of hydrogen-bond donors (Lipinski definition) is 1. The molecule has 0 aliphatic rings. The minimum Gasteiger partial charge on any atom is -0.339 e. The van der Waals surface area contributed by atoms with Crippen LogP contribution in [0.2, 0.25) is 5.02 Å². The fraction of sp³-hybridized carbons (Fsp3) is 0.333. The normalized spacial score (nSPS) is 13.3. The van der Waals surface area contributed by atoms with Gasteiger partial charge in [0, 0.05) is 10.7 Å². The third-order valence-electron chi connectivity index (χ3n) is 1.86. The molecule has 0 aliphatic heterocycles. The van der Waals surface area contributed by atoms with Crippen LogP contribution in [0, 0.1) is 0 Å². The fourth-order valence-corrected chi connectivity index (χ4v) is 1.64. The number of carbonyl (C=O) groups is 1. The molecular formula is C9H7BrClF3N2O. The van der Waals surface area contributed by atoms with E-state index in [9.17, 15) is 18.0 Å². The monoisotopic (exact) mass is 330 g/mol. The number of hydrogen-bond acceptors (Lipinski definition) is 2. The molecule has 0 radical (unpaired) electrons. The Labute approximate surface area is 108 Å². The highest BCUT2D eigenvalue weighted by atomic mass is 79.9. The molecule has 0 unspecified atom stereocenters. The van der Waals surface area contributed by atoms with Gasteiger partial charge in [-0.05, 0) is 28.9 Å². The molecule has 1 aromatic heterocycles. The summed E-state index contributed by atoms with van der Waals surface area (Å²) in [6.07, 6.45) is -3.23. The summed E-state index contributed by atoms with van der Waals surface area (Å²) in [7, 11) is 0. The summed E-state index contributed by atoms with van der Waals surface area (Å²) >= 11 is 8.76. The topological polar surface area (TPSA) is 42.0 Å². The zero-order valence-electron chi connectivity index (χ0n) is 8.48. The smallest absolute Gasteiger partial charge is 0.339 e. The van der Waals surface area contributed by atoms with Gasteiger partial charge in [0.25, 0.3) is 5.91 Å². The Bertz CT molecular complexity index is 439. The second-order valence-corrected chi connectivity index (χ2v) is 4.54. The summed E-state index contributed by atoms with van der Waals surface area (Å²) in [6.45, 7) is 0.838. The fourth-order valence-electron chi connectivity index (χ4n) is 0.928. The number of nitrogens with one attached hydrogen (secondary N) is 1. The van der Waals surface area contributed by atoms with Gasteiger partial charge in [0.2, 0.25) is 0 Å². The van der Waals surface area contributed by atoms with Gasteiger partial charge in [0.05, 0.1) is 5.02 Å². The maximum Gasteiger partial charge on any atom is 0.408 e. The third kappa shape index (κ3) is 3.85. The number of pyridine rings is 1. The predicted molar refractivity (Wildman–Crippen MR) is 59.9 cm³/mol. The molecule has 0 fully saturated rings. The van der Waals surface area contributed by atoms with Crippen molar-refractivity contribution < 1.29 is 18.0 Å². The lowest BCUT2D eigenvalue weighted by Gasteiger charge is -2.17. The second kappa shape index (κ2) is 5.22. The van der Waals surface area contributed by atoms with E-state index in [0.717, 1.165) is 6.92 Å². The second-order valence-electron chi connectivity index (χ2n) is 3.22. The van der Waals surface area contributed by atoms with Crippen LogP contribution in [0.3, 0.4) is 0 Å². The molecule has 0 aliphatic carbocycles. The molecule has 1 amide bonds. The Morgan fingerprint density at radius 2 is 2.18 bits per heavy atom. The van der Waals surface area contributed by atoms with E-state index in [-0.39, 0.29) is 10.7 Å². The van der Waals surface area contributed by atoms with E-state index in [0.29, 0.717) is 4.47 Å². The number of carbonyl (C=O) groups excluding carboxylic acids is 1. The lowest BCUT2D eigenvalue weighted by atomic mass is 10.3. The number of nitrogens with zero attached hydrogens (tertiary/aromatic N) is 1. The van der Waals surface area contributed by atoms with Crippen molar-refractivity contribution in [2.45, 2.75) is 19.1 Å². The van der Waals surface area contributed by atoms with Gasteiger partial charge in [0.1, 0.15) is 11.7 Å². The van der Waals surface area contributed by atoms with Crippen LogP contribution in [0.15, 0.2) is 16.7 Å². The van der Waals surface area contributed by atoms with Crippen LogP contribution in [0.4, 0.5) is 13.2 Å². The van der Waals surface area contributed by atoms with Gasteiger partial charge in [-0.3, -0.25) is 4.79 Å².